The van der Waals surface area contributed by atoms with Gasteiger partial charge in [-0.1, -0.05) is 18.2 Å². The highest BCUT2D eigenvalue weighted by atomic mass is 19.4. The number of pyridine rings is 1. The number of alkyl halides is 3. The summed E-state index contributed by atoms with van der Waals surface area (Å²) in [6.45, 7) is 4.67. The van der Waals surface area contributed by atoms with Crippen LogP contribution in [0, 0.1) is 18.8 Å². The molecule has 0 N–H and O–H groups in total. The maximum Gasteiger partial charge on any atom is 0.416 e. The number of methoxy groups -OCH3 is 1. The third-order valence-electron chi connectivity index (χ3n) is 7.45. The van der Waals surface area contributed by atoms with E-state index in [9.17, 15) is 18.0 Å². The van der Waals surface area contributed by atoms with Crippen LogP contribution in [0.5, 0.6) is 0 Å². The van der Waals surface area contributed by atoms with Gasteiger partial charge < -0.3 is 14.4 Å². The van der Waals surface area contributed by atoms with Gasteiger partial charge in [-0.25, -0.2) is 0 Å². The molecule has 0 spiro atoms. The van der Waals surface area contributed by atoms with E-state index in [1.165, 1.54) is 6.07 Å². The maximum absolute atomic E-state index is 13.3. The lowest BCUT2D eigenvalue weighted by Gasteiger charge is -2.37. The normalized spacial score (nSPS) is 21.8. The van der Waals surface area contributed by atoms with E-state index in [0.29, 0.717) is 48.4 Å². The maximum atomic E-state index is 13.3. The van der Waals surface area contributed by atoms with Crippen molar-refractivity contribution in [3.05, 3.63) is 64.5 Å². The lowest BCUT2D eigenvalue weighted by molar-refractivity contribution is -0.137. The number of ether oxygens (including phenoxy) is 2. The van der Waals surface area contributed by atoms with Crippen molar-refractivity contribution < 1.29 is 27.4 Å². The molecule has 1 aromatic carbocycles. The summed E-state index contributed by atoms with van der Waals surface area (Å²) in [6, 6.07) is 6.98. The van der Waals surface area contributed by atoms with E-state index in [0.717, 1.165) is 50.0 Å². The molecule has 2 fully saturated rings. The third kappa shape index (κ3) is 6.22. The van der Waals surface area contributed by atoms with Crippen molar-refractivity contribution in [2.75, 3.05) is 33.4 Å². The zero-order valence-corrected chi connectivity index (χ0v) is 20.3. The Kier molecular flexibility index (Phi) is 8.12. The van der Waals surface area contributed by atoms with Gasteiger partial charge in [-0.3, -0.25) is 9.78 Å². The first-order valence-corrected chi connectivity index (χ1v) is 12.3. The molecule has 1 amide bonds. The molecule has 5 nitrogen and oxygen atoms in total. The topological polar surface area (TPSA) is 51.7 Å². The Morgan fingerprint density at radius 3 is 2.69 bits per heavy atom. The van der Waals surface area contributed by atoms with E-state index in [1.807, 2.05) is 11.8 Å². The summed E-state index contributed by atoms with van der Waals surface area (Å²) in [5, 5.41) is 0. The number of rotatable bonds is 6. The fourth-order valence-corrected chi connectivity index (χ4v) is 5.30. The summed E-state index contributed by atoms with van der Waals surface area (Å²) in [5.74, 6) is 1.03. The van der Waals surface area contributed by atoms with Crippen molar-refractivity contribution in [3.63, 3.8) is 0 Å². The highest BCUT2D eigenvalue weighted by Crippen LogP contribution is 2.32. The summed E-state index contributed by atoms with van der Waals surface area (Å²) < 4.78 is 50.4. The molecule has 4 rings (SSSR count). The number of benzene rings is 1. The average Bonchev–Trinajstić information content (AvgIpc) is 2.85. The van der Waals surface area contributed by atoms with E-state index in [4.69, 9.17) is 9.47 Å². The molecule has 0 bridgehead atoms. The van der Waals surface area contributed by atoms with Crippen molar-refractivity contribution in [3.8, 4) is 0 Å². The number of nitrogens with zero attached hydrogens (tertiary/aromatic N) is 2. The Bertz CT molecular complexity index is 1020. The van der Waals surface area contributed by atoms with Gasteiger partial charge in [0.05, 0.1) is 18.3 Å². The van der Waals surface area contributed by atoms with Crippen LogP contribution in [0.25, 0.3) is 0 Å². The fourth-order valence-electron chi connectivity index (χ4n) is 5.30. The molecule has 2 aliphatic rings. The summed E-state index contributed by atoms with van der Waals surface area (Å²) >= 11 is 0. The first-order valence-electron chi connectivity index (χ1n) is 12.3. The fraction of sp³-hybridized carbons (Fsp3) is 0.556. The standard InChI is InChI=1S/C27H33F3N2O3/c1-18-23(6-10-31-24(18)16-20-4-3-5-22(15-20)27(28,29)30)26(33)32-11-7-19(8-12-32)14-21-9-13-35-17-25(21)34-2/h3-6,10,15,19,21,25H,7-9,11-14,16-17H2,1-2H3/t21-,25-/m0/s1. The zero-order chi connectivity index (χ0) is 25.0. The van der Waals surface area contributed by atoms with E-state index in [2.05, 4.69) is 4.98 Å². The molecule has 190 valence electrons. The number of halogens is 3. The molecule has 2 aromatic rings. The molecule has 0 saturated carbocycles. The van der Waals surface area contributed by atoms with Gasteiger partial charge in [0.2, 0.25) is 0 Å². The van der Waals surface area contributed by atoms with Crippen molar-refractivity contribution in [2.45, 2.75) is 51.3 Å². The van der Waals surface area contributed by atoms with E-state index in [-0.39, 0.29) is 18.4 Å². The van der Waals surface area contributed by atoms with Gasteiger partial charge in [-0.05, 0) is 67.7 Å². The minimum Gasteiger partial charge on any atom is -0.379 e. The molecular formula is C27H33F3N2O3. The first kappa shape index (κ1) is 25.6. The summed E-state index contributed by atoms with van der Waals surface area (Å²) in [4.78, 5) is 19.6. The number of likely N-dealkylation sites (tertiary alicyclic amines) is 1. The highest BCUT2D eigenvalue weighted by Gasteiger charge is 2.32. The van der Waals surface area contributed by atoms with Crippen LogP contribution >= 0.6 is 0 Å². The number of hydrogen-bond acceptors (Lipinski definition) is 4. The van der Waals surface area contributed by atoms with Crippen molar-refractivity contribution in [1.82, 2.24) is 9.88 Å². The van der Waals surface area contributed by atoms with Gasteiger partial charge in [0.25, 0.3) is 5.91 Å². The summed E-state index contributed by atoms with van der Waals surface area (Å²) in [7, 11) is 1.74. The zero-order valence-electron chi connectivity index (χ0n) is 20.3. The quantitative estimate of drug-likeness (QED) is 0.552. The number of aromatic nitrogens is 1. The highest BCUT2D eigenvalue weighted by molar-refractivity contribution is 5.95. The largest absolute Gasteiger partial charge is 0.416 e. The number of hydrogen-bond donors (Lipinski definition) is 0. The van der Waals surface area contributed by atoms with Crippen LogP contribution in [0.3, 0.4) is 0 Å². The van der Waals surface area contributed by atoms with Crippen molar-refractivity contribution in [2.24, 2.45) is 11.8 Å². The molecule has 2 atom stereocenters. The Hall–Kier alpha value is -2.45. The molecule has 0 unspecified atom stereocenters. The van der Waals surface area contributed by atoms with Crippen LogP contribution in [0.4, 0.5) is 13.2 Å². The van der Waals surface area contributed by atoms with E-state index < -0.39 is 11.7 Å². The van der Waals surface area contributed by atoms with Crippen LogP contribution in [0.1, 0.15) is 58.4 Å². The Balaban J connectivity index is 1.39. The van der Waals surface area contributed by atoms with E-state index >= 15 is 0 Å². The van der Waals surface area contributed by atoms with Crippen LogP contribution in [-0.2, 0) is 22.1 Å². The van der Waals surface area contributed by atoms with Crippen LogP contribution < -0.4 is 0 Å². The predicted molar refractivity (Wildman–Crippen MR) is 126 cm³/mol. The summed E-state index contributed by atoms with van der Waals surface area (Å²) in [5.41, 5.74) is 1.75. The molecule has 3 heterocycles. The van der Waals surface area contributed by atoms with E-state index in [1.54, 1.807) is 25.4 Å². The van der Waals surface area contributed by atoms with Gasteiger partial charge in [-0.15, -0.1) is 0 Å². The van der Waals surface area contributed by atoms with Crippen molar-refractivity contribution >= 4 is 5.91 Å². The number of amides is 1. The molecule has 8 heteroatoms. The van der Waals surface area contributed by atoms with Crippen LogP contribution in [0.15, 0.2) is 36.5 Å². The first-order chi connectivity index (χ1) is 16.8. The second kappa shape index (κ2) is 11.1. The number of carbonyl (C=O) groups excluding carboxylic acids is 1. The predicted octanol–water partition coefficient (Wildman–Crippen LogP) is 5.29. The minimum atomic E-state index is -4.39. The Morgan fingerprint density at radius 1 is 1.20 bits per heavy atom. The molecule has 2 aliphatic heterocycles. The average molecular weight is 491 g/mol. The van der Waals surface area contributed by atoms with Gasteiger partial charge >= 0.3 is 6.18 Å². The molecule has 2 saturated heterocycles. The summed E-state index contributed by atoms with van der Waals surface area (Å²) in [6.07, 6.45) is 1.61. The minimum absolute atomic E-state index is 0.0329. The lowest BCUT2D eigenvalue weighted by atomic mass is 9.82. The SMILES string of the molecule is CO[C@H]1COCC[C@H]1CC1CCN(C(=O)c2ccnc(Cc3cccc(C(F)(F)F)c3)c2C)CC1. The monoisotopic (exact) mass is 490 g/mol. The second-order valence-corrected chi connectivity index (χ2v) is 9.67. The number of carbonyl (C=O) groups is 1. The van der Waals surface area contributed by atoms with Crippen molar-refractivity contribution in [1.29, 1.82) is 0 Å². The molecule has 0 radical (unpaired) electrons. The molecule has 0 aliphatic carbocycles. The number of piperidine rings is 1. The Labute approximate surface area is 204 Å². The molecule has 1 aromatic heterocycles. The van der Waals surface area contributed by atoms with Gasteiger partial charge in [0.1, 0.15) is 0 Å². The van der Waals surface area contributed by atoms with Crippen LogP contribution in [-0.4, -0.2) is 55.3 Å². The van der Waals surface area contributed by atoms with Gasteiger partial charge in [0, 0.05) is 50.7 Å². The van der Waals surface area contributed by atoms with Crippen LogP contribution in [0.2, 0.25) is 0 Å². The lowest BCUT2D eigenvalue weighted by Crippen LogP contribution is -2.41. The molecular weight excluding hydrogens is 457 g/mol. The third-order valence-corrected chi connectivity index (χ3v) is 7.45. The Morgan fingerprint density at radius 2 is 1.97 bits per heavy atom. The second-order valence-electron chi connectivity index (χ2n) is 9.67. The molecule has 35 heavy (non-hydrogen) atoms. The van der Waals surface area contributed by atoms with Gasteiger partial charge in [0.15, 0.2) is 0 Å². The smallest absolute Gasteiger partial charge is 0.379 e. The van der Waals surface area contributed by atoms with Gasteiger partial charge in [-0.2, -0.15) is 13.2 Å².